The Bertz CT molecular complexity index is 1190. The molecule has 332 valence electrons. The molecule has 0 bridgehead atoms. The first-order chi connectivity index (χ1) is 26.3. The fourth-order valence-electron chi connectivity index (χ4n) is 7.54. The average Bonchev–Trinajstić information content (AvgIpc) is 3.08. The molecule has 0 aromatic carbocycles. The molecule has 0 aromatic rings. The van der Waals surface area contributed by atoms with Gasteiger partial charge in [-0.1, -0.05) is 182 Å². The zero-order chi connectivity index (χ0) is 43.3. The number of carboxylic acids is 4. The summed E-state index contributed by atoms with van der Waals surface area (Å²) >= 11 is 0. The maximum absolute atomic E-state index is 12.0. The topological polar surface area (TPSA) is 269 Å². The third-order valence-electron chi connectivity index (χ3n) is 10.7. The van der Waals surface area contributed by atoms with Gasteiger partial charge in [-0.25, -0.2) is 0 Å². The Morgan fingerprint density at radius 2 is 0.569 bits per heavy atom. The van der Waals surface area contributed by atoms with Crippen molar-refractivity contribution in [3.8, 4) is 0 Å². The minimum Gasteiger partial charge on any atom is -0.549 e. The van der Waals surface area contributed by atoms with Gasteiger partial charge in [0.2, 0.25) is 0 Å². The molecule has 18 heteroatoms. The van der Waals surface area contributed by atoms with E-state index in [0.717, 1.165) is 103 Å². The van der Waals surface area contributed by atoms with Crippen molar-refractivity contribution in [3.05, 3.63) is 0 Å². The van der Waals surface area contributed by atoms with E-state index in [1.165, 1.54) is 0 Å². The molecule has 0 saturated heterocycles. The van der Waals surface area contributed by atoms with E-state index < -0.39 is 65.4 Å². The van der Waals surface area contributed by atoms with Crippen LogP contribution < -0.4 is 20.4 Å². The van der Waals surface area contributed by atoms with Gasteiger partial charge in [0, 0.05) is 22.8 Å². The van der Waals surface area contributed by atoms with Gasteiger partial charge in [0.25, 0.3) is 20.2 Å². The van der Waals surface area contributed by atoms with Crippen LogP contribution in [0.2, 0.25) is 0 Å². The molecule has 0 aliphatic carbocycles. The van der Waals surface area contributed by atoms with Gasteiger partial charge in [-0.3, -0.25) is 9.11 Å². The molecular formula is C40H72Ca2O14S2. The summed E-state index contributed by atoms with van der Waals surface area (Å²) in [7, 11) is -10.3. The van der Waals surface area contributed by atoms with Crippen molar-refractivity contribution in [2.45, 2.75) is 218 Å². The van der Waals surface area contributed by atoms with E-state index in [4.69, 9.17) is 0 Å². The summed E-state index contributed by atoms with van der Waals surface area (Å²) in [5, 5.41) is 41.9. The van der Waals surface area contributed by atoms with Gasteiger partial charge in [0.05, 0.1) is 11.9 Å². The van der Waals surface area contributed by atoms with Crippen LogP contribution in [0.15, 0.2) is 0 Å². The summed E-state index contributed by atoms with van der Waals surface area (Å²) in [5.74, 6) is -7.68. The molecule has 0 aromatic heterocycles. The van der Waals surface area contributed by atoms with Crippen molar-refractivity contribution < 1.29 is 65.5 Å². The van der Waals surface area contributed by atoms with Crippen LogP contribution in [0.3, 0.4) is 0 Å². The second-order valence-corrected chi connectivity index (χ2v) is 18.4. The molecule has 0 spiro atoms. The molecule has 14 nitrogen and oxygen atoms in total. The van der Waals surface area contributed by atoms with Crippen molar-refractivity contribution in [2.24, 2.45) is 10.8 Å². The average molecular weight is 921 g/mol. The summed E-state index contributed by atoms with van der Waals surface area (Å²) in [6, 6.07) is 0. The molecule has 0 aliphatic rings. The molecule has 0 saturated carbocycles. The number of rotatable bonds is 36. The first kappa shape index (κ1) is 64.8. The minimum absolute atomic E-state index is 0. The number of carbonyl (C=O) groups excluding carboxylic acids is 4. The summed E-state index contributed by atoms with van der Waals surface area (Å²) in [6.07, 6.45) is 19.1. The third-order valence-corrected chi connectivity index (χ3v) is 13.2. The summed E-state index contributed by atoms with van der Waals surface area (Å²) in [4.78, 5) is 46.9. The van der Waals surface area contributed by atoms with Crippen LogP contribution in [-0.2, 0) is 39.4 Å². The van der Waals surface area contributed by atoms with Crippen molar-refractivity contribution >= 4 is 120 Å². The van der Waals surface area contributed by atoms with E-state index >= 15 is 0 Å². The second-order valence-electron chi connectivity index (χ2n) is 15.4. The normalized spacial score (nSPS) is 12.9. The molecule has 0 aliphatic heterocycles. The van der Waals surface area contributed by atoms with E-state index in [1.807, 2.05) is 0 Å². The fourth-order valence-corrected chi connectivity index (χ4v) is 9.83. The van der Waals surface area contributed by atoms with Crippen LogP contribution in [0.5, 0.6) is 0 Å². The molecule has 0 amide bonds. The van der Waals surface area contributed by atoms with E-state index in [1.54, 1.807) is 0 Å². The number of hydrogen-bond donors (Lipinski definition) is 2. The Morgan fingerprint density at radius 1 is 0.397 bits per heavy atom. The predicted octanol–water partition coefficient (Wildman–Crippen LogP) is 3.70. The molecule has 58 heavy (non-hydrogen) atoms. The second kappa shape index (κ2) is 36.7. The maximum atomic E-state index is 12.0. The summed E-state index contributed by atoms with van der Waals surface area (Å²) in [6.45, 7) is 8.27. The Morgan fingerprint density at radius 3 is 0.707 bits per heavy atom. The zero-order valence-electron chi connectivity index (χ0n) is 36.0. The Labute approximate surface area is 409 Å². The van der Waals surface area contributed by atoms with E-state index in [-0.39, 0.29) is 101 Å². The van der Waals surface area contributed by atoms with Crippen LogP contribution in [0.4, 0.5) is 0 Å². The molecule has 2 atom stereocenters. The Kier molecular flexibility index (Phi) is 41.0. The molecule has 0 fully saturated rings. The van der Waals surface area contributed by atoms with Gasteiger partial charge in [-0.15, -0.1) is 0 Å². The number of aliphatic carboxylic acids is 4. The molecule has 2 N–H and O–H groups in total. The van der Waals surface area contributed by atoms with Crippen molar-refractivity contribution in [3.63, 3.8) is 0 Å². The van der Waals surface area contributed by atoms with E-state index in [9.17, 15) is 65.5 Å². The van der Waals surface area contributed by atoms with Gasteiger partial charge in [-0.05, 0) is 25.7 Å². The quantitative estimate of drug-likeness (QED) is 0.0516. The Balaban J connectivity index is -0.000000486. The predicted molar refractivity (Wildman–Crippen MR) is 219 cm³/mol. The van der Waals surface area contributed by atoms with Gasteiger partial charge < -0.3 is 39.6 Å². The smallest absolute Gasteiger partial charge is 0.549 e. The van der Waals surface area contributed by atoms with Crippen LogP contribution >= 0.6 is 0 Å². The number of carbonyl (C=O) groups is 4. The van der Waals surface area contributed by atoms with Gasteiger partial charge in [0.1, 0.15) is 10.5 Å². The SMILES string of the molecule is CCCCCCCCC(CCCCCCCC)(C(=O)[O-])C(C(=O)[O-])S(=O)(=O)O.CCCCCCCCC(CCCCCCCC)(C(=O)[O-])C(C(=O)[O-])S(=O)(=O)O.[Ca+2].[Ca+2]. The standard InChI is InChI=1S/2C20H38O7S.2Ca/c2*1-3-5-7-9-11-13-15-20(19(23)24,16-14-12-10-8-6-4-2)17(18(21)22)28(25,26)27;;/h2*17H,3-16H2,1-2H3,(H,21,22)(H,23,24)(H,25,26,27);;/q;;2*+2/p-4. The van der Waals surface area contributed by atoms with Crippen LogP contribution in [0, 0.1) is 10.8 Å². The number of hydrogen-bond acceptors (Lipinski definition) is 12. The van der Waals surface area contributed by atoms with Crippen LogP contribution in [0.1, 0.15) is 207 Å². The van der Waals surface area contributed by atoms with E-state index in [2.05, 4.69) is 27.7 Å². The van der Waals surface area contributed by atoms with Crippen molar-refractivity contribution in [2.75, 3.05) is 0 Å². The summed E-state index contributed by atoms with van der Waals surface area (Å²) in [5.41, 5.74) is -4.36. The molecule has 0 heterocycles. The molecule has 2 unspecified atom stereocenters. The molecular weight excluding hydrogens is 849 g/mol. The summed E-state index contributed by atoms with van der Waals surface area (Å²) < 4.78 is 65.7. The van der Waals surface area contributed by atoms with Crippen molar-refractivity contribution in [1.82, 2.24) is 0 Å². The van der Waals surface area contributed by atoms with Crippen LogP contribution in [0.25, 0.3) is 0 Å². The Hall–Kier alpha value is 0.219. The maximum Gasteiger partial charge on any atom is 2.00 e. The van der Waals surface area contributed by atoms with Gasteiger partial charge >= 0.3 is 75.5 Å². The number of carboxylic acid groups (broad SMARTS) is 4. The van der Waals surface area contributed by atoms with Crippen molar-refractivity contribution in [1.29, 1.82) is 0 Å². The van der Waals surface area contributed by atoms with Crippen LogP contribution in [-0.4, -0.2) is 136 Å². The zero-order valence-corrected chi connectivity index (χ0v) is 42.0. The first-order valence-electron chi connectivity index (χ1n) is 21.0. The largest absolute Gasteiger partial charge is 2.00 e. The minimum atomic E-state index is -5.15. The first-order valence-corrected chi connectivity index (χ1v) is 24.0. The van der Waals surface area contributed by atoms with E-state index in [0.29, 0.717) is 51.4 Å². The monoisotopic (exact) mass is 920 g/mol. The van der Waals surface area contributed by atoms with Gasteiger partial charge in [0.15, 0.2) is 0 Å². The molecule has 0 rings (SSSR count). The molecule has 0 radical (unpaired) electrons. The third kappa shape index (κ3) is 26.6. The fraction of sp³-hybridized carbons (Fsp3) is 0.900. The number of unbranched alkanes of at least 4 members (excludes halogenated alkanes) is 20. The van der Waals surface area contributed by atoms with Gasteiger partial charge in [-0.2, -0.15) is 16.8 Å².